The molecule has 0 amide bonds. The highest BCUT2D eigenvalue weighted by atomic mass is 15.6. The molecule has 1 N–H and O–H groups in total. The van der Waals surface area contributed by atoms with Crippen LogP contribution >= 0.6 is 0 Å². The molecule has 2 aromatic carbocycles. The molecule has 0 aliphatic heterocycles. The molecule has 132 valence electrons. The number of aromatic nitrogens is 5. The monoisotopic (exact) mass is 347 g/mol. The Hall–Kier alpha value is -3.06. The maximum atomic E-state index is 4.50. The smallest absolute Gasteiger partial charge is 0.207 e. The molecule has 7 heteroatoms. The predicted octanol–water partition coefficient (Wildman–Crippen LogP) is 2.61. The van der Waals surface area contributed by atoms with Gasteiger partial charge in [0.15, 0.2) is 5.82 Å². The normalized spacial score (nSPS) is 11.5. The molecule has 0 radical (unpaired) electrons. The van der Waals surface area contributed by atoms with E-state index in [9.17, 15) is 0 Å². The second-order valence-corrected chi connectivity index (χ2v) is 6.39. The second kappa shape index (κ2) is 7.45. The summed E-state index contributed by atoms with van der Waals surface area (Å²) in [6.45, 7) is 2.80. The number of hydrogen-bond donors (Lipinski definition) is 1. The fourth-order valence-electron chi connectivity index (χ4n) is 3.11. The number of nitrogens with zero attached hydrogens (tertiary/aromatic N) is 6. The van der Waals surface area contributed by atoms with Gasteiger partial charge in [-0.15, -0.1) is 14.8 Å². The third-order valence-electron chi connectivity index (χ3n) is 4.38. The summed E-state index contributed by atoms with van der Waals surface area (Å²) in [6, 6.07) is 18.6. The van der Waals surface area contributed by atoms with Crippen molar-refractivity contribution >= 4 is 22.2 Å². The van der Waals surface area contributed by atoms with Gasteiger partial charge < -0.3 is 10.2 Å². The Bertz CT molecular complexity index is 997. The Morgan fingerprint density at radius 2 is 1.77 bits per heavy atom. The molecule has 0 aliphatic rings. The summed E-state index contributed by atoms with van der Waals surface area (Å²) in [5.74, 6) is 0.811. The molecule has 0 unspecified atom stereocenters. The van der Waals surface area contributed by atoms with Crippen LogP contribution in [0, 0.1) is 0 Å². The standard InChI is InChI=1S/C19H21N7/c1-25(14-15-8-3-2-4-9-15)13-7-12-20-18-16-10-5-6-11-17(16)19-21-23-24-26(19)22-18/h2-6,8-11H,7,12-14H2,1H3,(H,20,22). The largest absolute Gasteiger partial charge is 0.368 e. The maximum Gasteiger partial charge on any atom is 0.207 e. The van der Waals surface area contributed by atoms with Crippen molar-refractivity contribution in [1.82, 2.24) is 30.2 Å². The van der Waals surface area contributed by atoms with Gasteiger partial charge in [-0.2, -0.15) is 0 Å². The molecular formula is C19H21N7. The summed E-state index contributed by atoms with van der Waals surface area (Å²) in [7, 11) is 2.15. The Balaban J connectivity index is 1.38. The molecule has 0 saturated carbocycles. The number of anilines is 1. The minimum atomic E-state index is 0.675. The Morgan fingerprint density at radius 1 is 1.00 bits per heavy atom. The Labute approximate surface area is 151 Å². The zero-order valence-corrected chi connectivity index (χ0v) is 14.7. The minimum Gasteiger partial charge on any atom is -0.368 e. The van der Waals surface area contributed by atoms with Crippen LogP contribution in [0.1, 0.15) is 12.0 Å². The molecular weight excluding hydrogens is 326 g/mol. The lowest BCUT2D eigenvalue weighted by molar-refractivity contribution is 0.325. The molecule has 2 heterocycles. The van der Waals surface area contributed by atoms with Crippen LogP contribution in [0.3, 0.4) is 0 Å². The van der Waals surface area contributed by atoms with Crippen molar-refractivity contribution in [1.29, 1.82) is 0 Å². The highest BCUT2D eigenvalue weighted by Gasteiger charge is 2.10. The average Bonchev–Trinajstić information content (AvgIpc) is 3.15. The van der Waals surface area contributed by atoms with Crippen molar-refractivity contribution < 1.29 is 0 Å². The predicted molar refractivity (Wildman–Crippen MR) is 102 cm³/mol. The second-order valence-electron chi connectivity index (χ2n) is 6.39. The van der Waals surface area contributed by atoms with E-state index in [4.69, 9.17) is 0 Å². The molecule has 4 rings (SSSR count). The topological polar surface area (TPSA) is 71.2 Å². The van der Waals surface area contributed by atoms with Crippen molar-refractivity contribution in [2.45, 2.75) is 13.0 Å². The third-order valence-corrected chi connectivity index (χ3v) is 4.38. The first-order valence-corrected chi connectivity index (χ1v) is 8.75. The van der Waals surface area contributed by atoms with E-state index in [2.05, 4.69) is 62.2 Å². The fraction of sp³-hybridized carbons (Fsp3) is 0.263. The zero-order chi connectivity index (χ0) is 17.8. The number of hydrogen-bond acceptors (Lipinski definition) is 6. The number of nitrogens with one attached hydrogen (secondary N) is 1. The van der Waals surface area contributed by atoms with Crippen molar-refractivity contribution in [3.05, 3.63) is 60.2 Å². The highest BCUT2D eigenvalue weighted by Crippen LogP contribution is 2.23. The van der Waals surface area contributed by atoms with E-state index in [0.29, 0.717) is 5.65 Å². The lowest BCUT2D eigenvalue weighted by atomic mass is 10.2. The van der Waals surface area contributed by atoms with Crippen LogP contribution in [0.25, 0.3) is 16.4 Å². The van der Waals surface area contributed by atoms with Crippen LogP contribution < -0.4 is 5.32 Å². The third kappa shape index (κ3) is 3.48. The van der Waals surface area contributed by atoms with Crippen molar-refractivity contribution in [3.63, 3.8) is 0 Å². The van der Waals surface area contributed by atoms with E-state index in [1.807, 2.05) is 30.3 Å². The maximum absolute atomic E-state index is 4.50. The molecule has 4 aromatic rings. The summed E-state index contributed by atoms with van der Waals surface area (Å²) >= 11 is 0. The van der Waals surface area contributed by atoms with Crippen LogP contribution in [-0.2, 0) is 6.54 Å². The van der Waals surface area contributed by atoms with Crippen LogP contribution in [0.15, 0.2) is 54.6 Å². The summed E-state index contributed by atoms with van der Waals surface area (Å²) < 4.78 is 1.48. The lowest BCUT2D eigenvalue weighted by Crippen LogP contribution is -2.21. The highest BCUT2D eigenvalue weighted by molar-refractivity contribution is 5.99. The van der Waals surface area contributed by atoms with Crippen molar-refractivity contribution in [3.8, 4) is 0 Å². The van der Waals surface area contributed by atoms with E-state index < -0.39 is 0 Å². The van der Waals surface area contributed by atoms with Crippen molar-refractivity contribution in [2.24, 2.45) is 0 Å². The summed E-state index contributed by atoms with van der Waals surface area (Å²) in [5, 5.41) is 21.7. The van der Waals surface area contributed by atoms with Gasteiger partial charge in [0.25, 0.3) is 0 Å². The number of rotatable bonds is 7. The molecule has 0 aliphatic carbocycles. The van der Waals surface area contributed by atoms with Gasteiger partial charge in [0, 0.05) is 23.9 Å². The summed E-state index contributed by atoms with van der Waals surface area (Å²) in [6.07, 6.45) is 1.02. The first-order chi connectivity index (χ1) is 12.8. The van der Waals surface area contributed by atoms with Crippen LogP contribution in [-0.4, -0.2) is 50.3 Å². The molecule has 0 spiro atoms. The van der Waals surface area contributed by atoms with Crippen molar-refractivity contribution in [2.75, 3.05) is 25.5 Å². The van der Waals surface area contributed by atoms with Gasteiger partial charge in [0.2, 0.25) is 5.65 Å². The van der Waals surface area contributed by atoms with Gasteiger partial charge >= 0.3 is 0 Å². The van der Waals surface area contributed by atoms with E-state index in [0.717, 1.165) is 42.6 Å². The first-order valence-electron chi connectivity index (χ1n) is 8.75. The summed E-state index contributed by atoms with van der Waals surface area (Å²) in [4.78, 5) is 2.33. The Kier molecular flexibility index (Phi) is 4.70. The number of tetrazole rings is 1. The summed E-state index contributed by atoms with van der Waals surface area (Å²) in [5.41, 5.74) is 2.01. The van der Waals surface area contributed by atoms with Gasteiger partial charge in [-0.3, -0.25) is 0 Å². The van der Waals surface area contributed by atoms with Gasteiger partial charge in [-0.1, -0.05) is 54.6 Å². The molecule has 26 heavy (non-hydrogen) atoms. The molecule has 7 nitrogen and oxygen atoms in total. The van der Waals surface area contributed by atoms with Gasteiger partial charge in [0.1, 0.15) is 0 Å². The fourth-order valence-corrected chi connectivity index (χ4v) is 3.11. The number of benzene rings is 2. The SMILES string of the molecule is CN(CCCNc1nn2nnnc2c2ccccc12)Cc1ccccc1. The van der Waals surface area contributed by atoms with Gasteiger partial charge in [0.05, 0.1) is 0 Å². The molecule has 2 aromatic heterocycles. The van der Waals surface area contributed by atoms with Gasteiger partial charge in [-0.25, -0.2) is 0 Å². The van der Waals surface area contributed by atoms with Gasteiger partial charge in [-0.05, 0) is 36.0 Å². The van der Waals surface area contributed by atoms with Crippen LogP contribution in [0.4, 0.5) is 5.82 Å². The molecule has 0 saturated heterocycles. The zero-order valence-electron chi connectivity index (χ0n) is 14.7. The van der Waals surface area contributed by atoms with Crippen LogP contribution in [0.2, 0.25) is 0 Å². The minimum absolute atomic E-state index is 0.675. The molecule has 0 fully saturated rings. The number of fused-ring (bicyclic) bond motifs is 3. The average molecular weight is 347 g/mol. The van der Waals surface area contributed by atoms with E-state index in [1.165, 1.54) is 10.2 Å². The first kappa shape index (κ1) is 16.4. The van der Waals surface area contributed by atoms with Crippen LogP contribution in [0.5, 0.6) is 0 Å². The van der Waals surface area contributed by atoms with E-state index in [1.54, 1.807) is 0 Å². The quantitative estimate of drug-likeness (QED) is 0.518. The lowest BCUT2D eigenvalue weighted by Gasteiger charge is -2.17. The van der Waals surface area contributed by atoms with E-state index in [-0.39, 0.29) is 0 Å². The molecule has 0 atom stereocenters. The molecule has 0 bridgehead atoms. The van der Waals surface area contributed by atoms with E-state index >= 15 is 0 Å². The Morgan fingerprint density at radius 3 is 2.62 bits per heavy atom.